The lowest BCUT2D eigenvalue weighted by Gasteiger charge is -2.19. The SMILES string of the molecule is COCCOC(=O)c1sc2nc(Cl)nc(N(C)c3ccccc3)c2c1C. The fourth-order valence-electron chi connectivity index (χ4n) is 2.59. The number of hydrogen-bond acceptors (Lipinski definition) is 7. The number of ether oxygens (including phenoxy) is 2. The van der Waals surface area contributed by atoms with E-state index in [2.05, 4.69) is 9.97 Å². The summed E-state index contributed by atoms with van der Waals surface area (Å²) < 4.78 is 10.2. The highest BCUT2D eigenvalue weighted by atomic mass is 35.5. The number of para-hydroxylation sites is 1. The number of anilines is 2. The topological polar surface area (TPSA) is 64.5 Å². The summed E-state index contributed by atoms with van der Waals surface area (Å²) in [5, 5.41) is 0.931. The first kappa shape index (κ1) is 18.6. The van der Waals surface area contributed by atoms with Crippen LogP contribution in [0.25, 0.3) is 10.2 Å². The van der Waals surface area contributed by atoms with E-state index >= 15 is 0 Å². The van der Waals surface area contributed by atoms with E-state index in [0.29, 0.717) is 22.1 Å². The van der Waals surface area contributed by atoms with Crippen molar-refractivity contribution in [2.24, 2.45) is 0 Å². The molecule has 136 valence electrons. The third kappa shape index (κ3) is 3.65. The summed E-state index contributed by atoms with van der Waals surface area (Å²) in [5.74, 6) is 0.253. The molecule has 0 saturated carbocycles. The molecule has 0 aliphatic rings. The number of carbonyl (C=O) groups excluding carboxylic acids is 1. The Kier molecular flexibility index (Phi) is 5.70. The van der Waals surface area contributed by atoms with Crippen LogP contribution >= 0.6 is 22.9 Å². The van der Waals surface area contributed by atoms with E-state index in [4.69, 9.17) is 21.1 Å². The van der Waals surface area contributed by atoms with Gasteiger partial charge in [-0.2, -0.15) is 4.98 Å². The molecule has 0 unspecified atom stereocenters. The molecule has 3 rings (SSSR count). The number of hydrogen-bond donors (Lipinski definition) is 0. The van der Waals surface area contributed by atoms with Crippen LogP contribution in [0, 0.1) is 6.92 Å². The molecular weight excluding hydrogens is 374 g/mol. The summed E-state index contributed by atoms with van der Waals surface area (Å²) in [4.78, 5) is 24.1. The van der Waals surface area contributed by atoms with E-state index in [1.54, 1.807) is 7.11 Å². The number of aromatic nitrogens is 2. The van der Waals surface area contributed by atoms with Crippen LogP contribution < -0.4 is 4.90 Å². The van der Waals surface area contributed by atoms with Crippen LogP contribution in [0.5, 0.6) is 0 Å². The number of nitrogens with zero attached hydrogens (tertiary/aromatic N) is 3. The molecule has 2 aromatic heterocycles. The van der Waals surface area contributed by atoms with Gasteiger partial charge in [-0.3, -0.25) is 0 Å². The van der Waals surface area contributed by atoms with Crippen LogP contribution in [0.15, 0.2) is 30.3 Å². The molecule has 0 N–H and O–H groups in total. The van der Waals surface area contributed by atoms with Gasteiger partial charge >= 0.3 is 5.97 Å². The van der Waals surface area contributed by atoms with Crippen LogP contribution in [-0.4, -0.2) is 43.3 Å². The fraction of sp³-hybridized carbons (Fsp3) is 0.278. The summed E-state index contributed by atoms with van der Waals surface area (Å²) >= 11 is 7.38. The second-order valence-electron chi connectivity index (χ2n) is 5.58. The standard InChI is InChI=1S/C18H18ClN3O3S/c1-11-13-15(22(2)12-7-5-4-6-8-12)20-18(19)21-16(13)26-14(11)17(23)25-10-9-24-3/h4-8H,9-10H2,1-3H3. The van der Waals surface area contributed by atoms with Crippen molar-refractivity contribution in [3.8, 4) is 0 Å². The smallest absolute Gasteiger partial charge is 0.348 e. The summed E-state index contributed by atoms with van der Waals surface area (Å²) in [7, 11) is 3.46. The Morgan fingerprint density at radius 1 is 1.23 bits per heavy atom. The lowest BCUT2D eigenvalue weighted by Crippen LogP contribution is -2.12. The van der Waals surface area contributed by atoms with E-state index in [0.717, 1.165) is 16.6 Å². The van der Waals surface area contributed by atoms with Crippen LogP contribution in [0.2, 0.25) is 5.28 Å². The van der Waals surface area contributed by atoms with Crippen molar-refractivity contribution in [3.05, 3.63) is 46.1 Å². The highest BCUT2D eigenvalue weighted by Crippen LogP contribution is 2.38. The zero-order valence-electron chi connectivity index (χ0n) is 14.7. The first-order valence-corrected chi connectivity index (χ1v) is 9.14. The Bertz CT molecular complexity index is 930. The Morgan fingerprint density at radius 3 is 2.65 bits per heavy atom. The predicted octanol–water partition coefficient (Wildman–Crippen LogP) is 4.22. The molecule has 0 atom stereocenters. The number of methoxy groups -OCH3 is 1. The molecule has 0 spiro atoms. The van der Waals surface area contributed by atoms with E-state index in [1.165, 1.54) is 11.3 Å². The molecular formula is C18H18ClN3O3S. The van der Waals surface area contributed by atoms with Crippen molar-refractivity contribution in [3.63, 3.8) is 0 Å². The third-order valence-corrected chi connectivity index (χ3v) is 5.25. The van der Waals surface area contributed by atoms with Gasteiger partial charge in [0, 0.05) is 19.8 Å². The van der Waals surface area contributed by atoms with Crippen molar-refractivity contribution in [2.75, 3.05) is 32.3 Å². The second kappa shape index (κ2) is 7.99. The first-order valence-electron chi connectivity index (χ1n) is 7.94. The molecule has 0 fully saturated rings. The zero-order chi connectivity index (χ0) is 18.7. The van der Waals surface area contributed by atoms with Crippen molar-refractivity contribution >= 4 is 50.6 Å². The number of halogens is 1. The van der Waals surface area contributed by atoms with Gasteiger partial charge in [0.2, 0.25) is 5.28 Å². The number of esters is 1. The van der Waals surface area contributed by atoms with Crippen LogP contribution in [0.4, 0.5) is 11.5 Å². The molecule has 0 aliphatic carbocycles. The van der Waals surface area contributed by atoms with Gasteiger partial charge in [-0.25, -0.2) is 9.78 Å². The number of aryl methyl sites for hydroxylation is 1. The molecule has 6 nitrogen and oxygen atoms in total. The molecule has 1 aromatic carbocycles. The van der Waals surface area contributed by atoms with E-state index in [1.807, 2.05) is 49.2 Å². The maximum Gasteiger partial charge on any atom is 0.348 e. The van der Waals surface area contributed by atoms with Crippen molar-refractivity contribution in [1.29, 1.82) is 0 Å². The minimum absolute atomic E-state index is 0.135. The lowest BCUT2D eigenvalue weighted by molar-refractivity contribution is 0.0393. The monoisotopic (exact) mass is 391 g/mol. The molecule has 26 heavy (non-hydrogen) atoms. The highest BCUT2D eigenvalue weighted by Gasteiger charge is 2.23. The van der Waals surface area contributed by atoms with E-state index in [-0.39, 0.29) is 11.9 Å². The number of rotatable bonds is 6. The van der Waals surface area contributed by atoms with Crippen molar-refractivity contribution in [2.45, 2.75) is 6.92 Å². The average Bonchev–Trinajstić information content (AvgIpc) is 2.98. The van der Waals surface area contributed by atoms with Gasteiger partial charge < -0.3 is 14.4 Å². The van der Waals surface area contributed by atoms with Gasteiger partial charge in [0.25, 0.3) is 0 Å². The molecule has 0 aliphatic heterocycles. The third-order valence-electron chi connectivity index (χ3n) is 3.91. The molecule has 8 heteroatoms. The van der Waals surface area contributed by atoms with Crippen LogP contribution in [-0.2, 0) is 9.47 Å². The van der Waals surface area contributed by atoms with Crippen molar-refractivity contribution in [1.82, 2.24) is 9.97 Å². The summed E-state index contributed by atoms with van der Waals surface area (Å²) in [5.41, 5.74) is 1.74. The summed E-state index contributed by atoms with van der Waals surface area (Å²) in [6, 6.07) is 9.80. The maximum atomic E-state index is 12.4. The minimum atomic E-state index is -0.396. The molecule has 0 bridgehead atoms. The Morgan fingerprint density at radius 2 is 1.96 bits per heavy atom. The number of thiophene rings is 1. The van der Waals surface area contributed by atoms with Crippen LogP contribution in [0.3, 0.4) is 0 Å². The molecule has 0 amide bonds. The average molecular weight is 392 g/mol. The van der Waals surface area contributed by atoms with Crippen LogP contribution in [0.1, 0.15) is 15.2 Å². The molecule has 2 heterocycles. The lowest BCUT2D eigenvalue weighted by atomic mass is 10.2. The summed E-state index contributed by atoms with van der Waals surface area (Å²) in [6.07, 6.45) is 0. The Balaban J connectivity index is 2.06. The molecule has 0 saturated heterocycles. The van der Waals surface area contributed by atoms with Gasteiger partial charge in [-0.05, 0) is 36.2 Å². The second-order valence-corrected chi connectivity index (χ2v) is 6.91. The van der Waals surface area contributed by atoms with Gasteiger partial charge in [-0.1, -0.05) is 18.2 Å². The molecule has 0 radical (unpaired) electrons. The normalized spacial score (nSPS) is 10.9. The quantitative estimate of drug-likeness (QED) is 0.356. The van der Waals surface area contributed by atoms with Gasteiger partial charge in [0.15, 0.2) is 0 Å². The maximum absolute atomic E-state index is 12.4. The molecule has 3 aromatic rings. The van der Waals surface area contributed by atoms with E-state index in [9.17, 15) is 4.79 Å². The largest absolute Gasteiger partial charge is 0.459 e. The highest BCUT2D eigenvalue weighted by molar-refractivity contribution is 7.20. The van der Waals surface area contributed by atoms with Crippen molar-refractivity contribution < 1.29 is 14.3 Å². The fourth-order valence-corrected chi connectivity index (χ4v) is 3.87. The van der Waals surface area contributed by atoms with Gasteiger partial charge in [-0.15, -0.1) is 11.3 Å². The van der Waals surface area contributed by atoms with E-state index < -0.39 is 5.97 Å². The van der Waals surface area contributed by atoms with Gasteiger partial charge in [0.05, 0.1) is 12.0 Å². The first-order chi connectivity index (χ1) is 12.5. The number of fused-ring (bicyclic) bond motifs is 1. The minimum Gasteiger partial charge on any atom is -0.459 e. The Labute approximate surface area is 160 Å². The van der Waals surface area contributed by atoms with Gasteiger partial charge in [0.1, 0.15) is 22.1 Å². The predicted molar refractivity (Wildman–Crippen MR) is 104 cm³/mol. The Hall–Kier alpha value is -2.22. The number of carbonyl (C=O) groups is 1. The summed E-state index contributed by atoms with van der Waals surface area (Å²) in [6.45, 7) is 2.42. The number of benzene rings is 1. The zero-order valence-corrected chi connectivity index (χ0v) is 16.2.